The van der Waals surface area contributed by atoms with Crippen LogP contribution in [0.3, 0.4) is 0 Å². The van der Waals surface area contributed by atoms with Gasteiger partial charge in [0, 0.05) is 48.4 Å². The van der Waals surface area contributed by atoms with Crippen molar-refractivity contribution in [3.05, 3.63) is 0 Å². The van der Waals surface area contributed by atoms with Gasteiger partial charge in [0.2, 0.25) is 0 Å². The second-order valence-corrected chi connectivity index (χ2v) is 3.20. The van der Waals surface area contributed by atoms with E-state index in [4.69, 9.17) is 4.43 Å². The first kappa shape index (κ1) is 8.55. The molecule has 0 aromatic heterocycles. The van der Waals surface area contributed by atoms with Crippen LogP contribution in [0.4, 0.5) is 0 Å². The van der Waals surface area contributed by atoms with Crippen molar-refractivity contribution in [1.29, 1.82) is 0 Å². The van der Waals surface area contributed by atoms with Crippen LogP contribution in [0.25, 0.3) is 0 Å². The van der Waals surface area contributed by atoms with Crippen LogP contribution in [-0.2, 0) is 4.43 Å². The molecule has 1 nitrogen and oxygen atoms in total. The molecule has 0 aromatic rings. The maximum atomic E-state index is 5.21. The molecule has 0 bridgehead atoms. The van der Waals surface area contributed by atoms with Gasteiger partial charge in [-0.05, 0) is 12.5 Å². The van der Waals surface area contributed by atoms with Gasteiger partial charge in [0.15, 0.2) is 9.76 Å². The minimum absolute atomic E-state index is 0. The van der Waals surface area contributed by atoms with E-state index >= 15 is 0 Å². The Morgan fingerprint density at radius 1 is 1.29 bits per heavy atom. The second-order valence-electron chi connectivity index (χ2n) is 1.67. The predicted molar refractivity (Wildman–Crippen MR) is 28.5 cm³/mol. The summed E-state index contributed by atoms with van der Waals surface area (Å²) in [6.07, 6.45) is 2.75. The van der Waals surface area contributed by atoms with Crippen LogP contribution in [0.1, 0.15) is 12.8 Å². The Morgan fingerprint density at radius 2 is 2.14 bits per heavy atom. The molecule has 1 saturated heterocycles. The van der Waals surface area contributed by atoms with Crippen molar-refractivity contribution < 1.29 is 46.2 Å². The molecule has 40 valence electrons. The molecule has 3 heteroatoms. The molecular formula is C4H10CeOSi. The molecule has 0 radical (unpaired) electrons. The zero-order valence-electron chi connectivity index (χ0n) is 4.44. The summed E-state index contributed by atoms with van der Waals surface area (Å²) in [6, 6.07) is 1.42. The van der Waals surface area contributed by atoms with Crippen LogP contribution in [-0.4, -0.2) is 16.4 Å². The fourth-order valence-corrected chi connectivity index (χ4v) is 1.86. The zero-order chi connectivity index (χ0) is 4.24. The summed E-state index contributed by atoms with van der Waals surface area (Å²) >= 11 is 0. The molecule has 0 unspecified atom stereocenters. The second kappa shape index (κ2) is 5.69. The van der Waals surface area contributed by atoms with Gasteiger partial charge in [0.05, 0.1) is 0 Å². The van der Waals surface area contributed by atoms with E-state index in [0.29, 0.717) is 0 Å². The number of rotatable bonds is 0. The monoisotopic (exact) mass is 242 g/mol. The maximum absolute atomic E-state index is 5.21. The van der Waals surface area contributed by atoms with E-state index in [1.165, 1.54) is 18.9 Å². The molecule has 1 aliphatic rings. The van der Waals surface area contributed by atoms with Crippen molar-refractivity contribution in [2.24, 2.45) is 0 Å². The van der Waals surface area contributed by atoms with Gasteiger partial charge in [0.1, 0.15) is 0 Å². The van der Waals surface area contributed by atoms with E-state index in [9.17, 15) is 0 Å². The van der Waals surface area contributed by atoms with E-state index in [2.05, 4.69) is 0 Å². The summed E-state index contributed by atoms with van der Waals surface area (Å²) in [5, 5.41) is 0. The van der Waals surface area contributed by atoms with E-state index in [1.807, 2.05) is 0 Å². The molecule has 7 heavy (non-hydrogen) atoms. The van der Waals surface area contributed by atoms with E-state index < -0.39 is 0 Å². The summed E-state index contributed by atoms with van der Waals surface area (Å²) in [5.74, 6) is 0. The first-order chi connectivity index (χ1) is 3.00. The first-order valence-corrected chi connectivity index (χ1v) is 4.15. The minimum atomic E-state index is 0. The SMILES string of the molecule is C1CC[SiH2]OC1.[Ce]. The van der Waals surface area contributed by atoms with Gasteiger partial charge in [-0.15, -0.1) is 0 Å². The van der Waals surface area contributed by atoms with Crippen molar-refractivity contribution in [2.45, 2.75) is 18.9 Å². The molecule has 0 aliphatic carbocycles. The number of hydrogen-bond acceptors (Lipinski definition) is 1. The Balaban J connectivity index is 0.000000360. The molecule has 1 heterocycles. The van der Waals surface area contributed by atoms with Crippen molar-refractivity contribution in [3.8, 4) is 0 Å². The van der Waals surface area contributed by atoms with Gasteiger partial charge in [-0.2, -0.15) is 0 Å². The first-order valence-electron chi connectivity index (χ1n) is 2.58. The molecule has 0 N–H and O–H groups in total. The van der Waals surface area contributed by atoms with Crippen molar-refractivity contribution in [1.82, 2.24) is 0 Å². The summed E-state index contributed by atoms with van der Waals surface area (Å²) in [6.45, 7) is 1.06. The third-order valence-electron chi connectivity index (χ3n) is 1.08. The molecule has 0 amide bonds. The normalized spacial score (nSPS) is 24.0. The smallest absolute Gasteiger partial charge is 0.161 e. The van der Waals surface area contributed by atoms with Crippen LogP contribution < -0.4 is 0 Å². The Morgan fingerprint density at radius 3 is 2.29 bits per heavy atom. The molecule has 1 fully saturated rings. The minimum Gasteiger partial charge on any atom is -0.424 e. The van der Waals surface area contributed by atoms with Crippen LogP contribution in [0, 0.1) is 41.7 Å². The Labute approximate surface area is 80.5 Å². The van der Waals surface area contributed by atoms with E-state index in [1.54, 1.807) is 0 Å². The molecule has 0 aromatic carbocycles. The molecule has 0 saturated carbocycles. The molecule has 0 spiro atoms. The van der Waals surface area contributed by atoms with Crippen LogP contribution in [0.15, 0.2) is 0 Å². The Bertz CT molecular complexity index is 27.2. The summed E-state index contributed by atoms with van der Waals surface area (Å²) < 4.78 is 5.21. The molecule has 0 atom stereocenters. The number of hydrogen-bond donors (Lipinski definition) is 0. The average molecular weight is 242 g/mol. The summed E-state index contributed by atoms with van der Waals surface area (Å²) in [7, 11) is 0.00849. The van der Waals surface area contributed by atoms with E-state index in [-0.39, 0.29) is 51.5 Å². The van der Waals surface area contributed by atoms with Crippen LogP contribution in [0.2, 0.25) is 6.04 Å². The standard InChI is InChI=1S/C4H10OSi.Ce/c1-2-4-6-5-3-1;/h1-4,6H2;. The zero-order valence-corrected chi connectivity index (χ0v) is 9.00. The van der Waals surface area contributed by atoms with E-state index in [0.717, 1.165) is 6.61 Å². The van der Waals surface area contributed by atoms with Gasteiger partial charge in [-0.3, -0.25) is 0 Å². The molecule has 1 aliphatic heterocycles. The maximum Gasteiger partial charge on any atom is 0.161 e. The van der Waals surface area contributed by atoms with Crippen LogP contribution >= 0.6 is 0 Å². The van der Waals surface area contributed by atoms with Crippen molar-refractivity contribution in [3.63, 3.8) is 0 Å². The van der Waals surface area contributed by atoms with Gasteiger partial charge in [-0.25, -0.2) is 0 Å². The van der Waals surface area contributed by atoms with Gasteiger partial charge in [-0.1, -0.05) is 6.42 Å². The van der Waals surface area contributed by atoms with Gasteiger partial charge < -0.3 is 4.43 Å². The summed E-state index contributed by atoms with van der Waals surface area (Å²) in [5.41, 5.74) is 0. The van der Waals surface area contributed by atoms with Crippen molar-refractivity contribution >= 4 is 9.76 Å². The fraction of sp³-hybridized carbons (Fsp3) is 1.00. The molecular weight excluding hydrogens is 232 g/mol. The topological polar surface area (TPSA) is 9.23 Å². The molecule has 1 rings (SSSR count). The largest absolute Gasteiger partial charge is 0.424 e. The fourth-order valence-electron chi connectivity index (χ4n) is 0.687. The quantitative estimate of drug-likeness (QED) is 0.555. The van der Waals surface area contributed by atoms with Gasteiger partial charge >= 0.3 is 0 Å². The predicted octanol–water partition coefficient (Wildman–Crippen LogP) is 0.299. The average Bonchev–Trinajstić information content (AvgIpc) is 1.72. The van der Waals surface area contributed by atoms with Gasteiger partial charge in [0.25, 0.3) is 0 Å². The third-order valence-corrected chi connectivity index (χ3v) is 2.44. The van der Waals surface area contributed by atoms with Crippen molar-refractivity contribution in [2.75, 3.05) is 6.61 Å². The Hall–Kier alpha value is 1.55. The third kappa shape index (κ3) is 4.08. The Kier molecular flexibility index (Phi) is 6.95. The summed E-state index contributed by atoms with van der Waals surface area (Å²) in [4.78, 5) is 0. The van der Waals surface area contributed by atoms with Crippen LogP contribution in [0.5, 0.6) is 0 Å².